The number of carboxylic acid groups (broad SMARTS) is 1. The number of rotatable bonds is 2. The number of aromatic nitrogens is 2. The van der Waals surface area contributed by atoms with Crippen LogP contribution in [0, 0.1) is 5.95 Å². The Balaban J connectivity index is 2.61. The Morgan fingerprint density at radius 2 is 2.36 bits per heavy atom. The summed E-state index contributed by atoms with van der Waals surface area (Å²) in [5.74, 6) is -1.51. The molecule has 2 rings (SSSR count). The minimum Gasteiger partial charge on any atom is -0.481 e. The number of halogens is 1. The van der Waals surface area contributed by atoms with Crippen molar-refractivity contribution in [3.05, 3.63) is 36.0 Å². The minimum absolute atomic E-state index is 0.234. The Morgan fingerprint density at radius 1 is 1.57 bits per heavy atom. The summed E-state index contributed by atoms with van der Waals surface area (Å²) in [6, 6.07) is 4.41. The molecule has 0 unspecified atom stereocenters. The number of hydrogen-bond donors (Lipinski definition) is 1. The molecular formula is C9H7FN2O2. The van der Waals surface area contributed by atoms with Crippen LogP contribution in [0.2, 0.25) is 0 Å². The molecule has 0 amide bonds. The second-order valence-corrected chi connectivity index (χ2v) is 2.86. The van der Waals surface area contributed by atoms with Crippen molar-refractivity contribution in [2.75, 3.05) is 0 Å². The number of nitrogens with zero attached hydrogens (tertiary/aromatic N) is 2. The SMILES string of the molecule is O=C(O)Cc1cnc2cccc(F)n12. The molecule has 2 aromatic heterocycles. The van der Waals surface area contributed by atoms with Crippen molar-refractivity contribution in [1.82, 2.24) is 9.38 Å². The number of hydrogen-bond acceptors (Lipinski definition) is 2. The van der Waals surface area contributed by atoms with Gasteiger partial charge in [-0.1, -0.05) is 6.07 Å². The average molecular weight is 194 g/mol. The molecular weight excluding hydrogens is 187 g/mol. The zero-order valence-electron chi connectivity index (χ0n) is 7.14. The van der Waals surface area contributed by atoms with E-state index in [0.717, 1.165) is 0 Å². The number of pyridine rings is 1. The fourth-order valence-electron chi connectivity index (χ4n) is 1.34. The second kappa shape index (κ2) is 3.10. The van der Waals surface area contributed by atoms with Gasteiger partial charge in [0.15, 0.2) is 5.95 Å². The van der Waals surface area contributed by atoms with E-state index in [0.29, 0.717) is 11.3 Å². The average Bonchev–Trinajstić information content (AvgIpc) is 2.49. The number of fused-ring (bicyclic) bond motifs is 1. The highest BCUT2D eigenvalue weighted by molar-refractivity contribution is 5.70. The van der Waals surface area contributed by atoms with Gasteiger partial charge in [0, 0.05) is 6.20 Å². The van der Waals surface area contributed by atoms with Gasteiger partial charge in [0.1, 0.15) is 5.65 Å². The molecule has 0 aliphatic heterocycles. The van der Waals surface area contributed by atoms with Crippen molar-refractivity contribution in [3.8, 4) is 0 Å². The van der Waals surface area contributed by atoms with Crippen molar-refractivity contribution in [1.29, 1.82) is 0 Å². The summed E-state index contributed by atoms with van der Waals surface area (Å²) in [4.78, 5) is 14.4. The third-order valence-electron chi connectivity index (χ3n) is 1.89. The second-order valence-electron chi connectivity index (χ2n) is 2.86. The third-order valence-corrected chi connectivity index (χ3v) is 1.89. The number of aliphatic carboxylic acids is 1. The van der Waals surface area contributed by atoms with Crippen molar-refractivity contribution in [2.24, 2.45) is 0 Å². The topological polar surface area (TPSA) is 54.6 Å². The summed E-state index contributed by atoms with van der Waals surface area (Å²) >= 11 is 0. The van der Waals surface area contributed by atoms with E-state index in [9.17, 15) is 9.18 Å². The van der Waals surface area contributed by atoms with Crippen LogP contribution in [0.4, 0.5) is 4.39 Å². The summed E-state index contributed by atoms with van der Waals surface area (Å²) in [7, 11) is 0. The number of imidazole rings is 1. The van der Waals surface area contributed by atoms with Crippen LogP contribution in [0.1, 0.15) is 5.69 Å². The molecule has 4 nitrogen and oxygen atoms in total. The summed E-state index contributed by atoms with van der Waals surface area (Å²) < 4.78 is 14.4. The molecule has 14 heavy (non-hydrogen) atoms. The van der Waals surface area contributed by atoms with Crippen LogP contribution in [0.5, 0.6) is 0 Å². The maximum absolute atomic E-state index is 13.3. The predicted octanol–water partition coefficient (Wildman–Crippen LogP) is 1.10. The molecule has 2 aromatic rings. The van der Waals surface area contributed by atoms with Gasteiger partial charge < -0.3 is 5.11 Å². The lowest BCUT2D eigenvalue weighted by Crippen LogP contribution is -2.05. The predicted molar refractivity (Wildman–Crippen MR) is 46.5 cm³/mol. The molecule has 0 aromatic carbocycles. The summed E-state index contributed by atoms with van der Waals surface area (Å²) in [6.45, 7) is 0. The van der Waals surface area contributed by atoms with Gasteiger partial charge in [-0.3, -0.25) is 9.20 Å². The molecule has 0 radical (unpaired) electrons. The molecule has 2 heterocycles. The monoisotopic (exact) mass is 194 g/mol. The van der Waals surface area contributed by atoms with E-state index in [2.05, 4.69) is 4.98 Å². The smallest absolute Gasteiger partial charge is 0.309 e. The Labute approximate surface area is 78.6 Å². The molecule has 0 aliphatic rings. The van der Waals surface area contributed by atoms with E-state index in [1.807, 2.05) is 0 Å². The lowest BCUT2D eigenvalue weighted by molar-refractivity contribution is -0.136. The van der Waals surface area contributed by atoms with Crippen LogP contribution >= 0.6 is 0 Å². The maximum atomic E-state index is 13.3. The first-order chi connectivity index (χ1) is 6.68. The van der Waals surface area contributed by atoms with Gasteiger partial charge in [0.05, 0.1) is 12.1 Å². The fraction of sp³-hybridized carbons (Fsp3) is 0.111. The van der Waals surface area contributed by atoms with Crippen LogP contribution in [0.15, 0.2) is 24.4 Å². The largest absolute Gasteiger partial charge is 0.481 e. The van der Waals surface area contributed by atoms with Gasteiger partial charge in [0.2, 0.25) is 0 Å². The van der Waals surface area contributed by atoms with Crippen LogP contribution in [0.3, 0.4) is 0 Å². The molecule has 0 aliphatic carbocycles. The Hall–Kier alpha value is -1.91. The molecule has 72 valence electrons. The fourth-order valence-corrected chi connectivity index (χ4v) is 1.34. The van der Waals surface area contributed by atoms with Crippen molar-refractivity contribution < 1.29 is 14.3 Å². The van der Waals surface area contributed by atoms with E-state index in [-0.39, 0.29) is 6.42 Å². The zero-order chi connectivity index (χ0) is 10.1. The molecule has 0 spiro atoms. The van der Waals surface area contributed by atoms with E-state index in [1.54, 1.807) is 6.07 Å². The molecule has 0 saturated heterocycles. The van der Waals surface area contributed by atoms with Crippen LogP contribution in [-0.4, -0.2) is 20.5 Å². The van der Waals surface area contributed by atoms with Crippen molar-refractivity contribution in [2.45, 2.75) is 6.42 Å². The van der Waals surface area contributed by atoms with E-state index in [1.165, 1.54) is 22.7 Å². The molecule has 0 saturated carbocycles. The first kappa shape index (κ1) is 8.68. The minimum atomic E-state index is -1.00. The summed E-state index contributed by atoms with van der Waals surface area (Å²) in [5.41, 5.74) is 0.756. The third kappa shape index (κ3) is 1.32. The van der Waals surface area contributed by atoms with Crippen LogP contribution < -0.4 is 0 Å². The molecule has 5 heteroatoms. The maximum Gasteiger partial charge on any atom is 0.309 e. The molecule has 1 N–H and O–H groups in total. The lowest BCUT2D eigenvalue weighted by atomic mass is 10.3. The highest BCUT2D eigenvalue weighted by Gasteiger charge is 2.09. The normalized spacial score (nSPS) is 10.6. The van der Waals surface area contributed by atoms with Gasteiger partial charge in [0.25, 0.3) is 0 Å². The zero-order valence-corrected chi connectivity index (χ0v) is 7.14. The van der Waals surface area contributed by atoms with Gasteiger partial charge in [-0.2, -0.15) is 4.39 Å². The van der Waals surface area contributed by atoms with Crippen LogP contribution in [-0.2, 0) is 11.2 Å². The molecule has 0 bridgehead atoms. The van der Waals surface area contributed by atoms with Gasteiger partial charge >= 0.3 is 5.97 Å². The van der Waals surface area contributed by atoms with Crippen LogP contribution in [0.25, 0.3) is 5.65 Å². The summed E-state index contributed by atoms with van der Waals surface area (Å²) in [6.07, 6.45) is 1.13. The van der Waals surface area contributed by atoms with E-state index < -0.39 is 11.9 Å². The summed E-state index contributed by atoms with van der Waals surface area (Å²) in [5, 5.41) is 8.57. The van der Waals surface area contributed by atoms with E-state index >= 15 is 0 Å². The molecule has 0 fully saturated rings. The number of carboxylic acids is 1. The number of carbonyl (C=O) groups is 1. The molecule has 0 atom stereocenters. The first-order valence-corrected chi connectivity index (χ1v) is 4.01. The highest BCUT2D eigenvalue weighted by Crippen LogP contribution is 2.09. The Kier molecular flexibility index (Phi) is 1.92. The van der Waals surface area contributed by atoms with Crippen molar-refractivity contribution >= 4 is 11.6 Å². The lowest BCUT2D eigenvalue weighted by Gasteiger charge is -1.99. The van der Waals surface area contributed by atoms with Gasteiger partial charge in [-0.25, -0.2) is 4.98 Å². The van der Waals surface area contributed by atoms with Gasteiger partial charge in [-0.05, 0) is 12.1 Å². The van der Waals surface area contributed by atoms with Crippen molar-refractivity contribution in [3.63, 3.8) is 0 Å². The first-order valence-electron chi connectivity index (χ1n) is 4.01. The quantitative estimate of drug-likeness (QED) is 0.728. The Bertz CT molecular complexity index is 493. The highest BCUT2D eigenvalue weighted by atomic mass is 19.1. The Morgan fingerprint density at radius 3 is 3.07 bits per heavy atom. The van der Waals surface area contributed by atoms with E-state index in [4.69, 9.17) is 5.11 Å². The standard InChI is InChI=1S/C9H7FN2O2/c10-7-2-1-3-8-11-5-6(12(7)8)4-9(13)14/h1-3,5H,4H2,(H,13,14). The van der Waals surface area contributed by atoms with Gasteiger partial charge in [-0.15, -0.1) is 0 Å².